The van der Waals surface area contributed by atoms with Crippen LogP contribution in [0.4, 0.5) is 0 Å². The summed E-state index contributed by atoms with van der Waals surface area (Å²) in [4.78, 5) is 13.1. The molecule has 0 N–H and O–H groups in total. The number of rotatable bonds is 1. The first-order valence-electron chi connectivity index (χ1n) is 7.15. The van der Waals surface area contributed by atoms with Crippen molar-refractivity contribution in [2.75, 3.05) is 0 Å². The summed E-state index contributed by atoms with van der Waals surface area (Å²) in [5.41, 5.74) is 2.26. The summed E-state index contributed by atoms with van der Waals surface area (Å²) >= 11 is 12.0. The number of carbonyl (C=O) groups is 1. The highest BCUT2D eigenvalue weighted by molar-refractivity contribution is 6.42. The molecule has 0 amide bonds. The van der Waals surface area contributed by atoms with E-state index in [9.17, 15) is 4.79 Å². The highest BCUT2D eigenvalue weighted by atomic mass is 35.5. The number of nitrogens with zero attached hydrogens (tertiary/aromatic N) is 1. The van der Waals surface area contributed by atoms with E-state index in [0.717, 1.165) is 21.8 Å². The van der Waals surface area contributed by atoms with Crippen LogP contribution < -0.4 is 0 Å². The molecule has 112 valence electrons. The van der Waals surface area contributed by atoms with Gasteiger partial charge < -0.3 is 0 Å². The zero-order valence-electron chi connectivity index (χ0n) is 12.0. The fraction of sp³-hybridized carbons (Fsp3) is 0. The predicted molar refractivity (Wildman–Crippen MR) is 95.6 cm³/mol. The average Bonchev–Trinajstić information content (AvgIpc) is 2.91. The molecular formula is C19H11Cl2NO. The van der Waals surface area contributed by atoms with E-state index in [2.05, 4.69) is 0 Å². The first-order valence-corrected chi connectivity index (χ1v) is 7.90. The van der Waals surface area contributed by atoms with Crippen LogP contribution in [-0.2, 0) is 0 Å². The molecule has 1 heterocycles. The molecule has 0 saturated carbocycles. The topological polar surface area (TPSA) is 22.0 Å². The van der Waals surface area contributed by atoms with Gasteiger partial charge in [0.05, 0.1) is 21.1 Å². The van der Waals surface area contributed by atoms with Gasteiger partial charge in [-0.1, -0.05) is 59.6 Å². The maximum atomic E-state index is 13.1. The van der Waals surface area contributed by atoms with Crippen molar-refractivity contribution in [3.8, 4) is 0 Å². The van der Waals surface area contributed by atoms with Crippen LogP contribution >= 0.6 is 23.2 Å². The van der Waals surface area contributed by atoms with Gasteiger partial charge in [0.25, 0.3) is 5.91 Å². The molecule has 4 rings (SSSR count). The number of para-hydroxylation sites is 2. The van der Waals surface area contributed by atoms with Gasteiger partial charge in [0.2, 0.25) is 0 Å². The number of fused-ring (bicyclic) bond motifs is 3. The Balaban J connectivity index is 2.03. The molecule has 2 nitrogen and oxygen atoms in total. The van der Waals surface area contributed by atoms with Crippen LogP contribution in [0.1, 0.15) is 10.4 Å². The quantitative estimate of drug-likeness (QED) is 0.430. The molecular weight excluding hydrogens is 329 g/mol. The highest BCUT2D eigenvalue weighted by Gasteiger charge is 2.17. The lowest BCUT2D eigenvalue weighted by Crippen LogP contribution is -2.11. The van der Waals surface area contributed by atoms with Gasteiger partial charge in [0.15, 0.2) is 0 Å². The van der Waals surface area contributed by atoms with Crippen molar-refractivity contribution in [1.82, 2.24) is 4.57 Å². The zero-order chi connectivity index (χ0) is 16.0. The van der Waals surface area contributed by atoms with Crippen molar-refractivity contribution in [2.45, 2.75) is 0 Å². The third-order valence-corrected chi connectivity index (χ3v) is 4.69. The first-order chi connectivity index (χ1) is 11.2. The minimum Gasteiger partial charge on any atom is -0.276 e. The third kappa shape index (κ3) is 2.23. The average molecular weight is 340 g/mol. The van der Waals surface area contributed by atoms with Gasteiger partial charge in [-0.2, -0.15) is 0 Å². The second-order valence-corrected chi connectivity index (χ2v) is 6.12. The Morgan fingerprint density at radius 1 is 0.739 bits per heavy atom. The number of aromatic nitrogens is 1. The van der Waals surface area contributed by atoms with Crippen LogP contribution in [0.5, 0.6) is 0 Å². The molecule has 23 heavy (non-hydrogen) atoms. The highest BCUT2D eigenvalue weighted by Crippen LogP contribution is 2.30. The Hall–Kier alpha value is -2.29. The molecule has 0 spiro atoms. The van der Waals surface area contributed by atoms with E-state index in [1.807, 2.05) is 48.5 Å². The summed E-state index contributed by atoms with van der Waals surface area (Å²) in [6, 6.07) is 20.7. The van der Waals surface area contributed by atoms with E-state index in [0.29, 0.717) is 15.6 Å². The largest absolute Gasteiger partial charge is 0.276 e. The standard InChI is InChI=1S/C19H11Cl2NO/c20-15-10-9-12(11-16(15)21)19(23)22-17-7-3-1-5-13(17)14-6-2-4-8-18(14)22/h1-11H. The van der Waals surface area contributed by atoms with Crippen molar-refractivity contribution >= 4 is 50.9 Å². The summed E-state index contributed by atoms with van der Waals surface area (Å²) in [6.07, 6.45) is 0. The molecule has 4 heteroatoms. The number of carbonyl (C=O) groups excluding carboxylic acids is 1. The molecule has 0 aliphatic rings. The van der Waals surface area contributed by atoms with Gasteiger partial charge in [-0.25, -0.2) is 0 Å². The number of benzene rings is 3. The maximum Gasteiger partial charge on any atom is 0.262 e. The maximum absolute atomic E-state index is 13.1. The summed E-state index contributed by atoms with van der Waals surface area (Å²) in [6.45, 7) is 0. The Morgan fingerprint density at radius 2 is 1.30 bits per heavy atom. The molecule has 0 bridgehead atoms. The monoisotopic (exact) mass is 339 g/mol. The zero-order valence-corrected chi connectivity index (χ0v) is 13.5. The number of hydrogen-bond donors (Lipinski definition) is 0. The Kier molecular flexibility index (Phi) is 3.37. The van der Waals surface area contributed by atoms with Crippen molar-refractivity contribution < 1.29 is 4.79 Å². The lowest BCUT2D eigenvalue weighted by molar-refractivity contribution is 0.0969. The Morgan fingerprint density at radius 3 is 1.87 bits per heavy atom. The number of hydrogen-bond acceptors (Lipinski definition) is 1. The van der Waals surface area contributed by atoms with Crippen molar-refractivity contribution in [2.24, 2.45) is 0 Å². The van der Waals surface area contributed by atoms with Gasteiger partial charge in [-0.15, -0.1) is 0 Å². The molecule has 0 atom stereocenters. The second kappa shape index (κ2) is 5.41. The molecule has 0 saturated heterocycles. The molecule has 0 fully saturated rings. The van der Waals surface area contributed by atoms with Crippen molar-refractivity contribution in [3.05, 3.63) is 82.3 Å². The van der Waals surface area contributed by atoms with Crippen LogP contribution in [-0.4, -0.2) is 10.5 Å². The molecule has 0 unspecified atom stereocenters. The van der Waals surface area contributed by atoms with E-state index in [1.54, 1.807) is 22.8 Å². The van der Waals surface area contributed by atoms with E-state index < -0.39 is 0 Å². The lowest BCUT2D eigenvalue weighted by Gasteiger charge is -2.07. The van der Waals surface area contributed by atoms with Crippen LogP contribution in [0.2, 0.25) is 10.0 Å². The Labute approximate surface area is 142 Å². The minimum absolute atomic E-state index is 0.124. The fourth-order valence-corrected chi connectivity index (χ4v) is 3.20. The first kappa shape index (κ1) is 14.3. The molecule has 0 aliphatic heterocycles. The minimum atomic E-state index is -0.124. The number of halogens is 2. The Bertz CT molecular complexity index is 1010. The van der Waals surface area contributed by atoms with Gasteiger partial charge in [0.1, 0.15) is 0 Å². The second-order valence-electron chi connectivity index (χ2n) is 5.30. The van der Waals surface area contributed by atoms with Crippen LogP contribution in [0, 0.1) is 0 Å². The van der Waals surface area contributed by atoms with Crippen LogP contribution in [0.25, 0.3) is 21.8 Å². The summed E-state index contributed by atoms with van der Waals surface area (Å²) < 4.78 is 1.73. The lowest BCUT2D eigenvalue weighted by atomic mass is 10.2. The SMILES string of the molecule is O=C(c1ccc(Cl)c(Cl)c1)n1c2ccccc2c2ccccc21. The van der Waals surface area contributed by atoms with E-state index in [4.69, 9.17) is 23.2 Å². The summed E-state index contributed by atoms with van der Waals surface area (Å²) in [5.74, 6) is -0.124. The van der Waals surface area contributed by atoms with Gasteiger partial charge >= 0.3 is 0 Å². The molecule has 1 aromatic heterocycles. The fourth-order valence-electron chi connectivity index (χ4n) is 2.90. The van der Waals surface area contributed by atoms with E-state index in [-0.39, 0.29) is 5.91 Å². The predicted octanol–water partition coefficient (Wildman–Crippen LogP) is 5.79. The van der Waals surface area contributed by atoms with E-state index in [1.165, 1.54) is 0 Å². The molecule has 0 aliphatic carbocycles. The third-order valence-electron chi connectivity index (χ3n) is 3.95. The van der Waals surface area contributed by atoms with Crippen molar-refractivity contribution in [3.63, 3.8) is 0 Å². The van der Waals surface area contributed by atoms with Crippen LogP contribution in [0.15, 0.2) is 66.7 Å². The van der Waals surface area contributed by atoms with Gasteiger partial charge in [-0.05, 0) is 30.3 Å². The normalized spacial score (nSPS) is 11.2. The smallest absolute Gasteiger partial charge is 0.262 e. The van der Waals surface area contributed by atoms with Gasteiger partial charge in [-0.3, -0.25) is 9.36 Å². The van der Waals surface area contributed by atoms with Crippen LogP contribution in [0.3, 0.4) is 0 Å². The molecule has 0 radical (unpaired) electrons. The molecule has 4 aromatic rings. The van der Waals surface area contributed by atoms with Gasteiger partial charge in [0, 0.05) is 16.3 Å². The van der Waals surface area contributed by atoms with E-state index >= 15 is 0 Å². The molecule has 3 aromatic carbocycles. The summed E-state index contributed by atoms with van der Waals surface area (Å²) in [7, 11) is 0. The van der Waals surface area contributed by atoms with Crippen molar-refractivity contribution in [1.29, 1.82) is 0 Å². The summed E-state index contributed by atoms with van der Waals surface area (Å²) in [5, 5.41) is 2.91.